The summed E-state index contributed by atoms with van der Waals surface area (Å²) in [5.74, 6) is 0.268. The number of carbonyl (C=O) groups excluding carboxylic acids is 2. The Hall–Kier alpha value is -2.44. The van der Waals surface area contributed by atoms with Gasteiger partial charge in [-0.2, -0.15) is 0 Å². The van der Waals surface area contributed by atoms with Crippen LogP contribution in [-0.4, -0.2) is 60.4 Å². The maximum Gasteiger partial charge on any atom is 0.290 e. The van der Waals surface area contributed by atoms with E-state index in [1.807, 2.05) is 17.0 Å². The minimum Gasteiger partial charge on any atom is -0.483 e. The molecule has 1 heterocycles. The highest BCUT2D eigenvalue weighted by molar-refractivity contribution is 5.83. The maximum absolute atomic E-state index is 13.3. The first-order chi connectivity index (χ1) is 12.3. The Bertz CT molecular complexity index is 634. The Kier molecular flexibility index (Phi) is 8.75. The molecule has 1 aliphatic heterocycles. The van der Waals surface area contributed by atoms with E-state index in [1.165, 1.54) is 11.0 Å². The van der Waals surface area contributed by atoms with Gasteiger partial charge in [-0.1, -0.05) is 12.1 Å². The highest BCUT2D eigenvalue weighted by Gasteiger charge is 2.26. The number of likely N-dealkylation sites (tertiary alicyclic amines) is 1. The van der Waals surface area contributed by atoms with Crippen LogP contribution >= 0.6 is 0 Å². The quantitative estimate of drug-likeness (QED) is 0.810. The van der Waals surface area contributed by atoms with E-state index in [2.05, 4.69) is 0 Å². The molecule has 1 unspecified atom stereocenters. The third-order valence-electron chi connectivity index (χ3n) is 4.44. The molecule has 0 aliphatic carbocycles. The molecule has 0 radical (unpaired) electrons. The number of carboxylic acid groups (broad SMARTS) is 1. The second-order valence-corrected chi connectivity index (χ2v) is 6.68. The molecule has 1 saturated heterocycles. The molecule has 144 valence electrons. The van der Waals surface area contributed by atoms with Gasteiger partial charge in [0.2, 0.25) is 11.8 Å². The lowest BCUT2D eigenvalue weighted by atomic mass is 9.97. The fourth-order valence-corrected chi connectivity index (χ4v) is 2.99. The number of benzene rings is 1. The van der Waals surface area contributed by atoms with Gasteiger partial charge in [0, 0.05) is 40.0 Å². The van der Waals surface area contributed by atoms with Gasteiger partial charge in [0.1, 0.15) is 5.82 Å². The molecule has 1 aliphatic rings. The molecule has 1 aromatic carbocycles. The minimum atomic E-state index is -0.250. The van der Waals surface area contributed by atoms with Crippen LogP contribution in [0.1, 0.15) is 30.4 Å². The van der Waals surface area contributed by atoms with Crippen LogP contribution in [0.5, 0.6) is 0 Å². The van der Waals surface area contributed by atoms with Crippen LogP contribution in [0, 0.1) is 18.7 Å². The summed E-state index contributed by atoms with van der Waals surface area (Å²) in [6, 6.07) is 5.22. The number of amides is 2. The van der Waals surface area contributed by atoms with Gasteiger partial charge < -0.3 is 14.9 Å². The SMILES string of the molecule is Cc1cc(CC2CCN(C(=O)CCC(=O)N(C)C)C2)ccc1F.O=CO. The zero-order chi connectivity index (χ0) is 19.7. The normalized spacial score (nSPS) is 15.8. The molecule has 0 spiro atoms. The first-order valence-electron chi connectivity index (χ1n) is 8.59. The van der Waals surface area contributed by atoms with Gasteiger partial charge in [0.25, 0.3) is 6.47 Å². The standard InChI is InChI=1S/C18H25FN2O2.CH2O2/c1-13-10-14(4-5-16(13)19)11-15-8-9-21(12-15)18(23)7-6-17(22)20(2)3;2-1-3/h4-5,10,15H,6-9,11-12H2,1-3H3;1H,(H,2,3). The number of nitrogens with zero attached hydrogens (tertiary/aromatic N) is 2. The Morgan fingerprint density at radius 3 is 2.58 bits per heavy atom. The van der Waals surface area contributed by atoms with Crippen molar-refractivity contribution < 1.29 is 23.9 Å². The van der Waals surface area contributed by atoms with E-state index in [4.69, 9.17) is 9.90 Å². The van der Waals surface area contributed by atoms with Crippen LogP contribution in [0.2, 0.25) is 0 Å². The zero-order valence-corrected chi connectivity index (χ0v) is 15.6. The molecule has 1 fully saturated rings. The predicted molar refractivity (Wildman–Crippen MR) is 96.1 cm³/mol. The van der Waals surface area contributed by atoms with Crippen molar-refractivity contribution in [2.24, 2.45) is 5.92 Å². The number of carbonyl (C=O) groups is 3. The first kappa shape index (κ1) is 21.6. The Balaban J connectivity index is 0.00000105. The van der Waals surface area contributed by atoms with Gasteiger partial charge in [0.15, 0.2) is 0 Å². The Labute approximate surface area is 153 Å². The van der Waals surface area contributed by atoms with Crippen LogP contribution < -0.4 is 0 Å². The van der Waals surface area contributed by atoms with Gasteiger partial charge in [-0.25, -0.2) is 4.39 Å². The molecule has 2 amide bonds. The molecule has 2 rings (SSSR count). The number of rotatable bonds is 5. The lowest BCUT2D eigenvalue weighted by molar-refractivity contribution is -0.135. The molecule has 6 nitrogen and oxygen atoms in total. The van der Waals surface area contributed by atoms with Crippen LogP contribution in [0.15, 0.2) is 18.2 Å². The van der Waals surface area contributed by atoms with Crippen molar-refractivity contribution >= 4 is 18.3 Å². The van der Waals surface area contributed by atoms with Crippen LogP contribution in [0.3, 0.4) is 0 Å². The van der Waals surface area contributed by atoms with Crippen LogP contribution in [0.4, 0.5) is 4.39 Å². The van der Waals surface area contributed by atoms with Crippen molar-refractivity contribution in [1.82, 2.24) is 9.80 Å². The number of halogens is 1. The summed E-state index contributed by atoms with van der Waals surface area (Å²) in [5.41, 5.74) is 1.78. The van der Waals surface area contributed by atoms with Crippen LogP contribution in [0.25, 0.3) is 0 Å². The maximum atomic E-state index is 13.3. The third-order valence-corrected chi connectivity index (χ3v) is 4.44. The topological polar surface area (TPSA) is 77.9 Å². The second-order valence-electron chi connectivity index (χ2n) is 6.68. The number of hydrogen-bond donors (Lipinski definition) is 1. The number of hydrogen-bond acceptors (Lipinski definition) is 3. The molecule has 7 heteroatoms. The Morgan fingerprint density at radius 2 is 2.00 bits per heavy atom. The monoisotopic (exact) mass is 366 g/mol. The second kappa shape index (κ2) is 10.5. The number of aryl methyl sites for hydroxylation is 1. The van der Waals surface area contributed by atoms with E-state index in [0.717, 1.165) is 31.5 Å². The summed E-state index contributed by atoms with van der Waals surface area (Å²) in [5, 5.41) is 6.89. The average molecular weight is 366 g/mol. The fourth-order valence-electron chi connectivity index (χ4n) is 2.99. The Morgan fingerprint density at radius 1 is 1.35 bits per heavy atom. The highest BCUT2D eigenvalue weighted by atomic mass is 19.1. The lowest BCUT2D eigenvalue weighted by Gasteiger charge is -2.17. The zero-order valence-electron chi connectivity index (χ0n) is 15.6. The summed E-state index contributed by atoms with van der Waals surface area (Å²) in [6.07, 6.45) is 2.37. The smallest absolute Gasteiger partial charge is 0.290 e. The summed E-state index contributed by atoms with van der Waals surface area (Å²) in [4.78, 5) is 35.4. The molecule has 0 aromatic heterocycles. The summed E-state index contributed by atoms with van der Waals surface area (Å²) in [7, 11) is 3.40. The fraction of sp³-hybridized carbons (Fsp3) is 0.526. The molecule has 1 N–H and O–H groups in total. The highest BCUT2D eigenvalue weighted by Crippen LogP contribution is 2.22. The van der Waals surface area contributed by atoms with E-state index >= 15 is 0 Å². The summed E-state index contributed by atoms with van der Waals surface area (Å²) < 4.78 is 13.3. The van der Waals surface area contributed by atoms with Gasteiger partial charge in [-0.05, 0) is 42.9 Å². The van der Waals surface area contributed by atoms with Crippen molar-refractivity contribution in [2.45, 2.75) is 32.6 Å². The van der Waals surface area contributed by atoms with Crippen molar-refractivity contribution in [3.63, 3.8) is 0 Å². The molecule has 0 saturated carbocycles. The molecule has 0 bridgehead atoms. The van der Waals surface area contributed by atoms with Crippen molar-refractivity contribution in [3.05, 3.63) is 35.1 Å². The average Bonchev–Trinajstić information content (AvgIpc) is 3.05. The molecular weight excluding hydrogens is 339 g/mol. The van der Waals surface area contributed by atoms with Crippen molar-refractivity contribution in [1.29, 1.82) is 0 Å². The summed E-state index contributed by atoms with van der Waals surface area (Å²) in [6.45, 7) is 3.00. The molecular formula is C19H27FN2O4. The van der Waals surface area contributed by atoms with E-state index in [9.17, 15) is 14.0 Å². The van der Waals surface area contributed by atoms with Gasteiger partial charge in [-0.3, -0.25) is 14.4 Å². The van der Waals surface area contributed by atoms with E-state index in [-0.39, 0.29) is 36.9 Å². The largest absolute Gasteiger partial charge is 0.483 e. The first-order valence-corrected chi connectivity index (χ1v) is 8.59. The van der Waals surface area contributed by atoms with Gasteiger partial charge in [-0.15, -0.1) is 0 Å². The molecule has 26 heavy (non-hydrogen) atoms. The molecule has 1 aromatic rings. The van der Waals surface area contributed by atoms with E-state index in [1.54, 1.807) is 21.0 Å². The van der Waals surface area contributed by atoms with Crippen molar-refractivity contribution in [3.8, 4) is 0 Å². The predicted octanol–water partition coefficient (Wildman–Crippen LogP) is 2.09. The summed E-state index contributed by atoms with van der Waals surface area (Å²) >= 11 is 0. The molecule has 1 atom stereocenters. The van der Waals surface area contributed by atoms with E-state index < -0.39 is 0 Å². The van der Waals surface area contributed by atoms with Crippen LogP contribution in [-0.2, 0) is 20.8 Å². The van der Waals surface area contributed by atoms with Crippen molar-refractivity contribution in [2.75, 3.05) is 27.2 Å². The third kappa shape index (κ3) is 6.82. The lowest BCUT2D eigenvalue weighted by Crippen LogP contribution is -2.30. The van der Waals surface area contributed by atoms with Gasteiger partial charge in [0.05, 0.1) is 0 Å². The minimum absolute atomic E-state index is 0.0177. The van der Waals surface area contributed by atoms with E-state index in [0.29, 0.717) is 11.5 Å². The van der Waals surface area contributed by atoms with Gasteiger partial charge >= 0.3 is 0 Å².